The van der Waals surface area contributed by atoms with Gasteiger partial charge in [0.2, 0.25) is 5.12 Å². The predicted molar refractivity (Wildman–Crippen MR) is 97.1 cm³/mol. The van der Waals surface area contributed by atoms with Crippen molar-refractivity contribution in [1.82, 2.24) is 4.98 Å². The molecule has 10 heteroatoms. The molecule has 0 aliphatic heterocycles. The lowest BCUT2D eigenvalue weighted by atomic mass is 10.3. The van der Waals surface area contributed by atoms with E-state index in [1.807, 2.05) is 0 Å². The van der Waals surface area contributed by atoms with Gasteiger partial charge in [-0.05, 0) is 30.0 Å². The van der Waals surface area contributed by atoms with E-state index in [-0.39, 0.29) is 37.0 Å². The van der Waals surface area contributed by atoms with Gasteiger partial charge in [0.1, 0.15) is 5.75 Å². The van der Waals surface area contributed by atoms with Crippen molar-refractivity contribution in [2.24, 2.45) is 0 Å². The molecule has 0 saturated heterocycles. The van der Waals surface area contributed by atoms with Crippen molar-refractivity contribution in [3.05, 3.63) is 48.6 Å². The van der Waals surface area contributed by atoms with Crippen LogP contribution in [0.5, 0.6) is 5.75 Å². The Balaban J connectivity index is 2.09. The molecule has 2 aromatic rings. The normalized spacial score (nSPS) is 10.7. The lowest BCUT2D eigenvalue weighted by Crippen LogP contribution is -2.08. The minimum absolute atomic E-state index is 0.0435. The maximum atomic E-state index is 12.0. The maximum absolute atomic E-state index is 12.0. The highest BCUT2D eigenvalue weighted by Gasteiger charge is 2.19. The van der Waals surface area contributed by atoms with Gasteiger partial charge in [-0.3, -0.25) is 4.79 Å². The van der Waals surface area contributed by atoms with Crippen molar-refractivity contribution in [2.75, 3.05) is 6.61 Å². The molecule has 0 N–H and O–H groups in total. The fourth-order valence-electron chi connectivity index (χ4n) is 1.43. The first-order valence-corrected chi connectivity index (χ1v) is 8.86. The van der Waals surface area contributed by atoms with E-state index in [1.165, 1.54) is 6.07 Å². The molecule has 0 radical (unpaired) electrons. The maximum Gasteiger partial charge on any atom is 0.231 e. The van der Waals surface area contributed by atoms with Crippen LogP contribution in [0.2, 0.25) is 30.4 Å². The average Bonchev–Trinajstić information content (AvgIpc) is 2.49. The second-order valence-electron chi connectivity index (χ2n) is 3.99. The Morgan fingerprint density at radius 2 is 1.65 bits per heavy atom. The molecular weight excluding hydrogens is 447 g/mol. The molecule has 3 nitrogen and oxygen atoms in total. The summed E-state index contributed by atoms with van der Waals surface area (Å²) in [6.07, 6.45) is 0. The number of hydrogen-bond acceptors (Lipinski definition) is 4. The molecule has 0 atom stereocenters. The Morgan fingerprint density at radius 1 is 1.04 bits per heavy atom. The Labute approximate surface area is 166 Å². The minimum Gasteiger partial charge on any atom is -0.483 e. The van der Waals surface area contributed by atoms with Crippen molar-refractivity contribution in [2.45, 2.75) is 4.90 Å². The van der Waals surface area contributed by atoms with Crippen LogP contribution in [0.15, 0.2) is 23.1 Å². The monoisotopic (exact) mass is 449 g/mol. The molecule has 1 aromatic carbocycles. The molecule has 0 fully saturated rings. The minimum atomic E-state index is -0.377. The van der Waals surface area contributed by atoms with E-state index in [4.69, 9.17) is 74.3 Å². The van der Waals surface area contributed by atoms with E-state index >= 15 is 0 Å². The summed E-state index contributed by atoms with van der Waals surface area (Å²) in [5.41, 5.74) is 0. The van der Waals surface area contributed by atoms with E-state index in [2.05, 4.69) is 4.98 Å². The van der Waals surface area contributed by atoms with Gasteiger partial charge in [0.05, 0.1) is 20.0 Å². The largest absolute Gasteiger partial charge is 0.483 e. The fourth-order valence-corrected chi connectivity index (χ4v) is 3.68. The molecule has 1 heterocycles. The number of nitrogens with zero attached hydrogens (tertiary/aromatic N) is 1. The first-order chi connectivity index (χ1) is 10.8. The number of carbonyl (C=O) groups is 1. The van der Waals surface area contributed by atoms with Crippen LogP contribution in [0.3, 0.4) is 0 Å². The molecule has 0 aliphatic carbocycles. The Bertz CT molecular complexity index is 744. The smallest absolute Gasteiger partial charge is 0.231 e. The van der Waals surface area contributed by atoms with Gasteiger partial charge in [-0.25, -0.2) is 4.98 Å². The number of thioether (sulfide) groups is 1. The van der Waals surface area contributed by atoms with Crippen LogP contribution in [-0.4, -0.2) is 16.7 Å². The molecule has 122 valence electrons. The molecule has 23 heavy (non-hydrogen) atoms. The third-order valence-electron chi connectivity index (χ3n) is 2.41. The van der Waals surface area contributed by atoms with Gasteiger partial charge in [0.15, 0.2) is 16.9 Å². The van der Waals surface area contributed by atoms with Crippen molar-refractivity contribution in [1.29, 1.82) is 0 Å². The molecular formula is C13H5Cl6NO2S. The number of ether oxygens (including phenoxy) is 1. The van der Waals surface area contributed by atoms with Gasteiger partial charge in [-0.1, -0.05) is 69.6 Å². The second kappa shape index (κ2) is 8.34. The van der Waals surface area contributed by atoms with Gasteiger partial charge in [-0.2, -0.15) is 0 Å². The topological polar surface area (TPSA) is 39.2 Å². The molecule has 2 rings (SSSR count). The van der Waals surface area contributed by atoms with E-state index in [9.17, 15) is 4.79 Å². The highest BCUT2D eigenvalue weighted by atomic mass is 35.5. The summed E-state index contributed by atoms with van der Waals surface area (Å²) in [7, 11) is 0. The standard InChI is InChI=1S/C13H5Cl6NO2S/c14-5-1-2-7(6(15)3-5)22-4-8(21)23-11-9(16)12(18)20-13(19)10(11)17/h1-3H,4H2. The van der Waals surface area contributed by atoms with E-state index in [1.54, 1.807) is 12.1 Å². The number of aromatic nitrogens is 1. The third-order valence-corrected chi connectivity index (χ3v) is 5.60. The van der Waals surface area contributed by atoms with Crippen molar-refractivity contribution in [3.8, 4) is 5.75 Å². The molecule has 1 aromatic heterocycles. The summed E-state index contributed by atoms with van der Waals surface area (Å²) < 4.78 is 5.34. The SMILES string of the molecule is O=C(COc1ccc(Cl)cc1Cl)Sc1c(Cl)c(Cl)nc(Cl)c1Cl. The number of hydrogen-bond donors (Lipinski definition) is 0. The summed E-state index contributed by atoms with van der Waals surface area (Å²) in [4.78, 5) is 16.0. The van der Waals surface area contributed by atoms with Crippen LogP contribution < -0.4 is 4.74 Å². The lowest BCUT2D eigenvalue weighted by Gasteiger charge is -2.10. The molecule has 0 amide bonds. The van der Waals surface area contributed by atoms with Crippen LogP contribution in [0.4, 0.5) is 0 Å². The van der Waals surface area contributed by atoms with Crippen molar-refractivity contribution in [3.63, 3.8) is 0 Å². The van der Waals surface area contributed by atoms with E-state index in [0.29, 0.717) is 15.8 Å². The number of rotatable bonds is 4. The first kappa shape index (κ1) is 19.3. The van der Waals surface area contributed by atoms with Crippen molar-refractivity contribution < 1.29 is 9.53 Å². The number of halogens is 6. The van der Waals surface area contributed by atoms with Gasteiger partial charge in [0.25, 0.3) is 0 Å². The molecule has 0 saturated carbocycles. The Kier molecular flexibility index (Phi) is 6.99. The molecule has 0 unspecified atom stereocenters. The van der Waals surface area contributed by atoms with Gasteiger partial charge >= 0.3 is 0 Å². The highest BCUT2D eigenvalue weighted by Crippen LogP contribution is 2.41. The van der Waals surface area contributed by atoms with Crippen LogP contribution in [-0.2, 0) is 4.79 Å². The zero-order valence-corrected chi connectivity index (χ0v) is 16.2. The number of benzene rings is 1. The fraction of sp³-hybridized carbons (Fsp3) is 0.0769. The molecule has 0 bridgehead atoms. The summed E-state index contributed by atoms with van der Waals surface area (Å²) >= 11 is 36.1. The Hall–Kier alpha value is -0.0700. The zero-order chi connectivity index (χ0) is 17.1. The third kappa shape index (κ3) is 4.95. The van der Waals surface area contributed by atoms with Crippen LogP contribution in [0.1, 0.15) is 0 Å². The van der Waals surface area contributed by atoms with Gasteiger partial charge in [0, 0.05) is 5.02 Å². The molecule has 0 aliphatic rings. The number of carbonyl (C=O) groups excluding carboxylic acids is 1. The quantitative estimate of drug-likeness (QED) is 0.383. The van der Waals surface area contributed by atoms with Crippen molar-refractivity contribution >= 4 is 86.5 Å². The highest BCUT2D eigenvalue weighted by molar-refractivity contribution is 8.13. The second-order valence-corrected chi connectivity index (χ2v) is 7.37. The number of pyridine rings is 1. The summed E-state index contributed by atoms with van der Waals surface area (Å²) in [6.45, 7) is -0.268. The summed E-state index contributed by atoms with van der Waals surface area (Å²) in [5, 5.41) is 0.381. The average molecular weight is 452 g/mol. The van der Waals surface area contributed by atoms with Crippen LogP contribution in [0.25, 0.3) is 0 Å². The van der Waals surface area contributed by atoms with Gasteiger partial charge in [-0.15, -0.1) is 0 Å². The first-order valence-electron chi connectivity index (χ1n) is 5.78. The Morgan fingerprint density at radius 3 is 2.22 bits per heavy atom. The van der Waals surface area contributed by atoms with Gasteiger partial charge < -0.3 is 4.74 Å². The van der Waals surface area contributed by atoms with Crippen LogP contribution in [0, 0.1) is 0 Å². The zero-order valence-electron chi connectivity index (χ0n) is 10.9. The predicted octanol–water partition coefficient (Wildman–Crippen LogP) is 6.70. The lowest BCUT2D eigenvalue weighted by molar-refractivity contribution is -0.112. The summed E-state index contributed by atoms with van der Waals surface area (Å²) in [6, 6.07) is 4.66. The van der Waals surface area contributed by atoms with Crippen LogP contribution >= 0.6 is 81.4 Å². The molecule has 0 spiro atoms. The van der Waals surface area contributed by atoms with E-state index < -0.39 is 0 Å². The summed E-state index contributed by atoms with van der Waals surface area (Å²) in [5.74, 6) is 0.327. The van der Waals surface area contributed by atoms with E-state index in [0.717, 1.165) is 11.8 Å².